The number of benzene rings is 3. The molecule has 0 unspecified atom stereocenters. The van der Waals surface area contributed by atoms with Crippen molar-refractivity contribution in [1.82, 2.24) is 0 Å². The van der Waals surface area contributed by atoms with Crippen LogP contribution >= 0.6 is 0 Å². The molecule has 0 bridgehead atoms. The average Bonchev–Trinajstić information content (AvgIpc) is 2.65. The zero-order valence-corrected chi connectivity index (χ0v) is 14.3. The van der Waals surface area contributed by atoms with Crippen molar-refractivity contribution >= 4 is 5.69 Å². The molecule has 2 nitrogen and oxygen atoms in total. The van der Waals surface area contributed by atoms with Gasteiger partial charge in [0.1, 0.15) is 18.2 Å². The van der Waals surface area contributed by atoms with Crippen molar-refractivity contribution < 1.29 is 9.13 Å². The molecule has 0 saturated heterocycles. The zero-order chi connectivity index (χ0) is 17.5. The summed E-state index contributed by atoms with van der Waals surface area (Å²) in [6.45, 7) is 3.17. The Balaban J connectivity index is 1.68. The molecule has 3 aromatic rings. The van der Waals surface area contributed by atoms with E-state index in [1.54, 1.807) is 6.07 Å². The van der Waals surface area contributed by atoms with E-state index in [0.717, 1.165) is 29.0 Å². The van der Waals surface area contributed by atoms with Crippen molar-refractivity contribution in [1.29, 1.82) is 0 Å². The molecule has 0 amide bonds. The van der Waals surface area contributed by atoms with Crippen molar-refractivity contribution in [2.45, 2.75) is 26.5 Å². The lowest BCUT2D eigenvalue weighted by molar-refractivity contribution is 0.302. The lowest BCUT2D eigenvalue weighted by Gasteiger charge is -2.14. The van der Waals surface area contributed by atoms with Gasteiger partial charge < -0.3 is 10.1 Å². The monoisotopic (exact) mass is 335 g/mol. The van der Waals surface area contributed by atoms with Crippen LogP contribution < -0.4 is 10.1 Å². The molecule has 0 atom stereocenters. The van der Waals surface area contributed by atoms with Gasteiger partial charge in [0.05, 0.1) is 0 Å². The second kappa shape index (κ2) is 8.34. The Hall–Kier alpha value is -2.81. The first-order chi connectivity index (χ1) is 12.3. The van der Waals surface area contributed by atoms with Crippen LogP contribution in [0.15, 0.2) is 72.8 Å². The van der Waals surface area contributed by atoms with Gasteiger partial charge in [0.2, 0.25) is 0 Å². The number of rotatable bonds is 7. The zero-order valence-electron chi connectivity index (χ0n) is 14.3. The predicted octanol–water partition coefficient (Wildman–Crippen LogP) is 5.58. The van der Waals surface area contributed by atoms with Crippen LogP contribution in [0.4, 0.5) is 10.1 Å². The molecule has 128 valence electrons. The van der Waals surface area contributed by atoms with Crippen LogP contribution in [0.3, 0.4) is 0 Å². The number of aryl methyl sites for hydroxylation is 1. The topological polar surface area (TPSA) is 21.3 Å². The highest BCUT2D eigenvalue weighted by molar-refractivity contribution is 5.52. The largest absolute Gasteiger partial charge is 0.489 e. The number of ether oxygens (including phenoxy) is 1. The maximum atomic E-state index is 13.3. The van der Waals surface area contributed by atoms with E-state index in [9.17, 15) is 4.39 Å². The fourth-order valence-electron chi connectivity index (χ4n) is 2.77. The molecule has 0 radical (unpaired) electrons. The van der Waals surface area contributed by atoms with Gasteiger partial charge >= 0.3 is 0 Å². The highest BCUT2D eigenvalue weighted by atomic mass is 19.1. The lowest BCUT2D eigenvalue weighted by Crippen LogP contribution is -2.05. The SMILES string of the molecule is CCc1ccccc1NCc1ccccc1OCc1cccc(F)c1. The molecular weight excluding hydrogens is 313 g/mol. The molecule has 0 spiro atoms. The van der Waals surface area contributed by atoms with E-state index in [1.165, 1.54) is 17.7 Å². The maximum absolute atomic E-state index is 13.3. The molecule has 0 aliphatic carbocycles. The number of nitrogens with one attached hydrogen (secondary N) is 1. The van der Waals surface area contributed by atoms with E-state index in [1.807, 2.05) is 36.4 Å². The summed E-state index contributed by atoms with van der Waals surface area (Å²) in [5.41, 5.74) is 4.33. The summed E-state index contributed by atoms with van der Waals surface area (Å²) in [6, 6.07) is 22.7. The van der Waals surface area contributed by atoms with Crippen molar-refractivity contribution in [2.75, 3.05) is 5.32 Å². The molecule has 25 heavy (non-hydrogen) atoms. The van der Waals surface area contributed by atoms with Gasteiger partial charge in [-0.05, 0) is 41.8 Å². The lowest BCUT2D eigenvalue weighted by atomic mass is 10.1. The minimum Gasteiger partial charge on any atom is -0.489 e. The van der Waals surface area contributed by atoms with Crippen LogP contribution in [-0.2, 0) is 19.6 Å². The van der Waals surface area contributed by atoms with Crippen LogP contribution in [0.25, 0.3) is 0 Å². The standard InChI is InChI=1S/C22H22FNO/c1-2-18-9-3-5-12-21(18)24-15-19-10-4-6-13-22(19)25-16-17-8-7-11-20(23)14-17/h3-14,24H,2,15-16H2,1H3. The quantitative estimate of drug-likeness (QED) is 0.608. The van der Waals surface area contributed by atoms with Gasteiger partial charge in [0.25, 0.3) is 0 Å². The van der Waals surface area contributed by atoms with Gasteiger partial charge in [-0.3, -0.25) is 0 Å². The molecule has 0 aliphatic rings. The fourth-order valence-corrected chi connectivity index (χ4v) is 2.77. The first kappa shape index (κ1) is 17.0. The highest BCUT2D eigenvalue weighted by Gasteiger charge is 2.05. The Bertz CT molecular complexity index is 832. The van der Waals surface area contributed by atoms with Crippen molar-refractivity contribution in [2.24, 2.45) is 0 Å². The second-order valence-corrected chi connectivity index (χ2v) is 5.89. The van der Waals surface area contributed by atoms with E-state index in [4.69, 9.17) is 4.74 Å². The fraction of sp³-hybridized carbons (Fsp3) is 0.182. The molecule has 3 aromatic carbocycles. The third-order valence-corrected chi connectivity index (χ3v) is 4.12. The maximum Gasteiger partial charge on any atom is 0.124 e. The number of anilines is 1. The first-order valence-electron chi connectivity index (χ1n) is 8.53. The van der Waals surface area contributed by atoms with Gasteiger partial charge in [-0.2, -0.15) is 0 Å². The third-order valence-electron chi connectivity index (χ3n) is 4.12. The van der Waals surface area contributed by atoms with Gasteiger partial charge in [-0.15, -0.1) is 0 Å². The predicted molar refractivity (Wildman–Crippen MR) is 100 cm³/mol. The molecular formula is C22H22FNO. The van der Waals surface area contributed by atoms with Gasteiger partial charge in [-0.25, -0.2) is 4.39 Å². The number of hydrogen-bond acceptors (Lipinski definition) is 2. The van der Waals surface area contributed by atoms with Crippen molar-refractivity contribution in [3.63, 3.8) is 0 Å². The Morgan fingerprint density at radius 1 is 0.880 bits per heavy atom. The van der Waals surface area contributed by atoms with E-state index in [0.29, 0.717) is 13.2 Å². The summed E-state index contributed by atoms with van der Waals surface area (Å²) in [5, 5.41) is 3.49. The summed E-state index contributed by atoms with van der Waals surface area (Å²) in [5.74, 6) is 0.570. The number of hydrogen-bond donors (Lipinski definition) is 1. The van der Waals surface area contributed by atoms with E-state index >= 15 is 0 Å². The Morgan fingerprint density at radius 3 is 2.44 bits per heavy atom. The molecule has 1 N–H and O–H groups in total. The molecule has 0 aromatic heterocycles. The molecule has 0 saturated carbocycles. The Morgan fingerprint density at radius 2 is 1.64 bits per heavy atom. The second-order valence-electron chi connectivity index (χ2n) is 5.89. The molecule has 3 heteroatoms. The molecule has 0 fully saturated rings. The summed E-state index contributed by atoms with van der Waals surface area (Å²) in [4.78, 5) is 0. The van der Waals surface area contributed by atoms with Crippen molar-refractivity contribution in [3.8, 4) is 5.75 Å². The van der Waals surface area contributed by atoms with Gasteiger partial charge in [0, 0.05) is 17.8 Å². The summed E-state index contributed by atoms with van der Waals surface area (Å²) in [7, 11) is 0. The van der Waals surface area contributed by atoms with Crippen molar-refractivity contribution in [3.05, 3.63) is 95.3 Å². The molecule has 0 heterocycles. The van der Waals surface area contributed by atoms with Crippen LogP contribution in [0.1, 0.15) is 23.6 Å². The third kappa shape index (κ3) is 4.60. The van der Waals surface area contributed by atoms with Crippen LogP contribution in [-0.4, -0.2) is 0 Å². The summed E-state index contributed by atoms with van der Waals surface area (Å²) >= 11 is 0. The van der Waals surface area contributed by atoms with Gasteiger partial charge in [0.15, 0.2) is 0 Å². The van der Waals surface area contributed by atoms with E-state index in [2.05, 4.69) is 30.4 Å². The summed E-state index contributed by atoms with van der Waals surface area (Å²) < 4.78 is 19.2. The Kier molecular flexibility index (Phi) is 5.68. The van der Waals surface area contributed by atoms with Crippen LogP contribution in [0.2, 0.25) is 0 Å². The number of para-hydroxylation sites is 2. The normalized spacial score (nSPS) is 10.5. The van der Waals surface area contributed by atoms with Crippen LogP contribution in [0.5, 0.6) is 5.75 Å². The van der Waals surface area contributed by atoms with Crippen LogP contribution in [0, 0.1) is 5.82 Å². The minimum atomic E-state index is -0.243. The van der Waals surface area contributed by atoms with E-state index in [-0.39, 0.29) is 5.82 Å². The molecule has 3 rings (SSSR count). The smallest absolute Gasteiger partial charge is 0.124 e. The summed E-state index contributed by atoms with van der Waals surface area (Å²) in [6.07, 6.45) is 0.987. The first-order valence-corrected chi connectivity index (χ1v) is 8.53. The minimum absolute atomic E-state index is 0.243. The Labute approximate surface area is 148 Å². The van der Waals surface area contributed by atoms with Gasteiger partial charge in [-0.1, -0.05) is 55.5 Å². The van der Waals surface area contributed by atoms with E-state index < -0.39 is 0 Å². The average molecular weight is 335 g/mol. The molecule has 0 aliphatic heterocycles. The number of halogens is 1. The highest BCUT2D eigenvalue weighted by Crippen LogP contribution is 2.22.